The molecule has 0 fully saturated rings. The summed E-state index contributed by atoms with van der Waals surface area (Å²) in [6.07, 6.45) is 0. The fourth-order valence-corrected chi connectivity index (χ4v) is 1.76. The van der Waals surface area contributed by atoms with Crippen molar-refractivity contribution in [3.8, 4) is 5.75 Å². The fraction of sp³-hybridized carbons (Fsp3) is 0.143. The van der Waals surface area contributed by atoms with E-state index in [2.05, 4.69) is 5.32 Å². The number of phenols is 1. The number of rotatable bonds is 3. The van der Waals surface area contributed by atoms with Gasteiger partial charge in [-0.1, -0.05) is 35.9 Å². The second kappa shape index (κ2) is 5.11. The average Bonchev–Trinajstić information content (AvgIpc) is 2.32. The number of anilines is 1. The van der Waals surface area contributed by atoms with Crippen LogP contribution >= 0.6 is 11.6 Å². The summed E-state index contributed by atoms with van der Waals surface area (Å²) in [4.78, 5) is 0. The van der Waals surface area contributed by atoms with Gasteiger partial charge in [0.1, 0.15) is 5.75 Å². The first-order valence-corrected chi connectivity index (χ1v) is 5.81. The maximum Gasteiger partial charge on any atom is 0.120 e. The number of phenolic OH excluding ortho intramolecular Hbond substituents is 1. The standard InChI is InChI=1S/C14H14ClNO/c1-10-6-7-12(8-14(10)17)16-9-11-4-2-3-5-13(11)15/h2-8,16-17H,9H2,1H3. The number of hydrogen-bond acceptors (Lipinski definition) is 2. The molecule has 3 heteroatoms. The number of halogens is 1. The quantitative estimate of drug-likeness (QED) is 0.860. The molecule has 0 radical (unpaired) electrons. The molecule has 0 aliphatic heterocycles. The van der Waals surface area contributed by atoms with Crippen LogP contribution in [0.5, 0.6) is 5.75 Å². The summed E-state index contributed by atoms with van der Waals surface area (Å²) in [7, 11) is 0. The average molecular weight is 248 g/mol. The molecule has 0 aliphatic rings. The number of benzene rings is 2. The van der Waals surface area contributed by atoms with Crippen molar-refractivity contribution in [2.24, 2.45) is 0 Å². The summed E-state index contributed by atoms with van der Waals surface area (Å²) in [6.45, 7) is 2.51. The molecule has 2 N–H and O–H groups in total. The summed E-state index contributed by atoms with van der Waals surface area (Å²) >= 11 is 6.06. The summed E-state index contributed by atoms with van der Waals surface area (Å²) in [5, 5.41) is 13.6. The van der Waals surface area contributed by atoms with Crippen LogP contribution in [0.1, 0.15) is 11.1 Å². The van der Waals surface area contributed by atoms with E-state index >= 15 is 0 Å². The molecule has 88 valence electrons. The molecule has 0 saturated carbocycles. The second-order valence-corrected chi connectivity index (χ2v) is 4.35. The molecular weight excluding hydrogens is 234 g/mol. The van der Waals surface area contributed by atoms with Gasteiger partial charge in [-0.15, -0.1) is 0 Å². The summed E-state index contributed by atoms with van der Waals surface area (Å²) in [5.74, 6) is 0.300. The third kappa shape index (κ3) is 2.92. The highest BCUT2D eigenvalue weighted by Crippen LogP contribution is 2.22. The monoisotopic (exact) mass is 247 g/mol. The van der Waals surface area contributed by atoms with Gasteiger partial charge in [-0.05, 0) is 30.2 Å². The van der Waals surface area contributed by atoms with Crippen LogP contribution in [0.25, 0.3) is 0 Å². The van der Waals surface area contributed by atoms with Crippen molar-refractivity contribution in [3.63, 3.8) is 0 Å². The Hall–Kier alpha value is -1.67. The van der Waals surface area contributed by atoms with E-state index in [1.165, 1.54) is 0 Å². The van der Waals surface area contributed by atoms with Crippen LogP contribution in [-0.4, -0.2) is 5.11 Å². The van der Waals surface area contributed by atoms with Crippen LogP contribution in [0.3, 0.4) is 0 Å². The first kappa shape index (κ1) is 11.8. The van der Waals surface area contributed by atoms with Gasteiger partial charge in [0.25, 0.3) is 0 Å². The van der Waals surface area contributed by atoms with Crippen LogP contribution in [-0.2, 0) is 6.54 Å². The summed E-state index contributed by atoms with van der Waals surface area (Å²) in [5.41, 5.74) is 2.79. The fourth-order valence-electron chi connectivity index (χ4n) is 1.56. The third-order valence-electron chi connectivity index (χ3n) is 2.65. The van der Waals surface area contributed by atoms with Crippen molar-refractivity contribution in [2.45, 2.75) is 13.5 Å². The summed E-state index contributed by atoms with van der Waals surface area (Å²) < 4.78 is 0. The zero-order valence-electron chi connectivity index (χ0n) is 9.57. The Bertz CT molecular complexity index is 525. The Morgan fingerprint density at radius 2 is 1.94 bits per heavy atom. The molecule has 2 aromatic rings. The Kier molecular flexibility index (Phi) is 3.55. The van der Waals surface area contributed by atoms with E-state index in [4.69, 9.17) is 11.6 Å². The Morgan fingerprint density at radius 1 is 1.18 bits per heavy atom. The topological polar surface area (TPSA) is 32.3 Å². The molecule has 0 aromatic heterocycles. The lowest BCUT2D eigenvalue weighted by Gasteiger charge is -2.09. The highest BCUT2D eigenvalue weighted by molar-refractivity contribution is 6.31. The molecule has 2 aromatic carbocycles. The van der Waals surface area contributed by atoms with E-state index in [-0.39, 0.29) is 0 Å². The van der Waals surface area contributed by atoms with Crippen molar-refractivity contribution < 1.29 is 5.11 Å². The summed E-state index contributed by atoms with van der Waals surface area (Å²) in [6, 6.07) is 13.2. The molecule has 0 spiro atoms. The Labute approximate surface area is 106 Å². The Balaban J connectivity index is 2.08. The highest BCUT2D eigenvalue weighted by Gasteiger charge is 2.00. The van der Waals surface area contributed by atoms with Crippen LogP contribution in [0.4, 0.5) is 5.69 Å². The van der Waals surface area contributed by atoms with E-state index in [0.29, 0.717) is 12.3 Å². The van der Waals surface area contributed by atoms with Gasteiger partial charge in [0.2, 0.25) is 0 Å². The lowest BCUT2D eigenvalue weighted by molar-refractivity contribution is 0.471. The molecule has 17 heavy (non-hydrogen) atoms. The van der Waals surface area contributed by atoms with E-state index in [1.807, 2.05) is 43.3 Å². The number of aromatic hydroxyl groups is 1. The van der Waals surface area contributed by atoms with Crippen molar-refractivity contribution in [1.82, 2.24) is 0 Å². The maximum atomic E-state index is 9.59. The minimum Gasteiger partial charge on any atom is -0.508 e. The van der Waals surface area contributed by atoms with E-state index in [9.17, 15) is 5.11 Å². The number of aryl methyl sites for hydroxylation is 1. The van der Waals surface area contributed by atoms with E-state index < -0.39 is 0 Å². The molecule has 0 atom stereocenters. The first-order valence-electron chi connectivity index (χ1n) is 5.44. The highest BCUT2D eigenvalue weighted by atomic mass is 35.5. The number of nitrogens with one attached hydrogen (secondary N) is 1. The largest absolute Gasteiger partial charge is 0.508 e. The van der Waals surface area contributed by atoms with Gasteiger partial charge >= 0.3 is 0 Å². The SMILES string of the molecule is Cc1ccc(NCc2ccccc2Cl)cc1O. The van der Waals surface area contributed by atoms with E-state index in [1.54, 1.807) is 6.07 Å². The van der Waals surface area contributed by atoms with Gasteiger partial charge in [0, 0.05) is 23.3 Å². The van der Waals surface area contributed by atoms with Crippen molar-refractivity contribution in [3.05, 3.63) is 58.6 Å². The predicted octanol–water partition coefficient (Wildman–Crippen LogP) is 3.97. The van der Waals surface area contributed by atoms with Crippen LogP contribution in [0.15, 0.2) is 42.5 Å². The van der Waals surface area contributed by atoms with Crippen molar-refractivity contribution in [2.75, 3.05) is 5.32 Å². The molecule has 2 nitrogen and oxygen atoms in total. The van der Waals surface area contributed by atoms with Gasteiger partial charge in [-0.2, -0.15) is 0 Å². The predicted molar refractivity (Wildman–Crippen MR) is 71.6 cm³/mol. The minimum absolute atomic E-state index is 0.300. The molecule has 0 saturated heterocycles. The normalized spacial score (nSPS) is 10.2. The second-order valence-electron chi connectivity index (χ2n) is 3.95. The molecule has 0 heterocycles. The maximum absolute atomic E-state index is 9.59. The van der Waals surface area contributed by atoms with Gasteiger partial charge in [0.05, 0.1) is 0 Å². The van der Waals surface area contributed by atoms with Crippen molar-refractivity contribution >= 4 is 17.3 Å². The lowest BCUT2D eigenvalue weighted by Crippen LogP contribution is -1.99. The lowest BCUT2D eigenvalue weighted by atomic mass is 10.2. The molecule has 0 aliphatic carbocycles. The molecular formula is C14H14ClNO. The van der Waals surface area contributed by atoms with Gasteiger partial charge in [-0.25, -0.2) is 0 Å². The Morgan fingerprint density at radius 3 is 2.65 bits per heavy atom. The zero-order chi connectivity index (χ0) is 12.3. The van der Waals surface area contributed by atoms with Crippen molar-refractivity contribution in [1.29, 1.82) is 0 Å². The van der Waals surface area contributed by atoms with Gasteiger partial charge in [0.15, 0.2) is 0 Å². The van der Waals surface area contributed by atoms with E-state index in [0.717, 1.165) is 21.8 Å². The zero-order valence-corrected chi connectivity index (χ0v) is 10.3. The van der Waals surface area contributed by atoms with Crippen LogP contribution < -0.4 is 5.32 Å². The molecule has 0 amide bonds. The van der Waals surface area contributed by atoms with Crippen LogP contribution in [0.2, 0.25) is 5.02 Å². The van der Waals surface area contributed by atoms with Crippen LogP contribution in [0, 0.1) is 6.92 Å². The molecule has 0 unspecified atom stereocenters. The smallest absolute Gasteiger partial charge is 0.120 e. The first-order chi connectivity index (χ1) is 8.16. The minimum atomic E-state index is 0.300. The molecule has 0 bridgehead atoms. The van der Waals surface area contributed by atoms with Gasteiger partial charge < -0.3 is 10.4 Å². The van der Waals surface area contributed by atoms with Gasteiger partial charge in [-0.3, -0.25) is 0 Å². The third-order valence-corrected chi connectivity index (χ3v) is 3.02. The number of hydrogen-bond donors (Lipinski definition) is 2. The molecule has 2 rings (SSSR count).